The summed E-state index contributed by atoms with van der Waals surface area (Å²) < 4.78 is 0. The van der Waals surface area contributed by atoms with Gasteiger partial charge in [0.1, 0.15) is 0 Å². The van der Waals surface area contributed by atoms with Gasteiger partial charge in [-0.3, -0.25) is 0 Å². The Balaban J connectivity index is 2.37. The van der Waals surface area contributed by atoms with Crippen molar-refractivity contribution in [3.05, 3.63) is 0 Å². The molecule has 0 aromatic rings. The van der Waals surface area contributed by atoms with Gasteiger partial charge in [-0.1, -0.05) is 20.8 Å². The Labute approximate surface area is 92.1 Å². The zero-order valence-corrected chi connectivity index (χ0v) is 10.4. The predicted octanol–water partition coefficient (Wildman–Crippen LogP) is 1.83. The van der Waals surface area contributed by atoms with E-state index in [0.29, 0.717) is 0 Å². The number of aliphatic hydroxyl groups excluding tert-OH is 1. The molecular weight excluding hydrogens is 194 g/mol. The van der Waals surface area contributed by atoms with Gasteiger partial charge in [-0.2, -0.15) is 11.8 Å². The van der Waals surface area contributed by atoms with E-state index in [1.165, 1.54) is 25.3 Å². The van der Waals surface area contributed by atoms with E-state index in [-0.39, 0.29) is 12.0 Å². The minimum absolute atomic E-state index is 0.0559. The highest BCUT2D eigenvalue weighted by Gasteiger charge is 2.25. The number of aliphatic hydroxyl groups is 1. The van der Waals surface area contributed by atoms with Crippen molar-refractivity contribution in [2.24, 2.45) is 5.41 Å². The van der Waals surface area contributed by atoms with E-state index in [9.17, 15) is 5.11 Å². The van der Waals surface area contributed by atoms with Crippen LogP contribution in [0.1, 0.15) is 27.2 Å². The number of thioether (sulfide) groups is 1. The van der Waals surface area contributed by atoms with Crippen LogP contribution in [0.2, 0.25) is 0 Å². The molecule has 1 fully saturated rings. The maximum absolute atomic E-state index is 9.22. The maximum Gasteiger partial charge on any atom is 0.0494 e. The molecule has 3 heteroatoms. The molecule has 1 rings (SSSR count). The van der Waals surface area contributed by atoms with Crippen molar-refractivity contribution in [3.8, 4) is 0 Å². The van der Waals surface area contributed by atoms with Crippen molar-refractivity contribution in [1.82, 2.24) is 4.90 Å². The molecule has 14 heavy (non-hydrogen) atoms. The first-order chi connectivity index (χ1) is 6.57. The second-order valence-electron chi connectivity index (χ2n) is 4.96. The molecule has 0 radical (unpaired) electrons. The first kappa shape index (κ1) is 12.3. The molecule has 0 aliphatic carbocycles. The van der Waals surface area contributed by atoms with Crippen LogP contribution in [0.25, 0.3) is 0 Å². The number of hydrogen-bond acceptors (Lipinski definition) is 3. The normalized spacial score (nSPS) is 25.3. The molecule has 1 atom stereocenters. The molecule has 1 unspecified atom stereocenters. The average molecular weight is 217 g/mol. The van der Waals surface area contributed by atoms with Gasteiger partial charge in [0.05, 0.1) is 0 Å². The fourth-order valence-corrected chi connectivity index (χ4v) is 3.08. The van der Waals surface area contributed by atoms with Gasteiger partial charge in [-0.25, -0.2) is 0 Å². The van der Waals surface area contributed by atoms with E-state index < -0.39 is 0 Å². The van der Waals surface area contributed by atoms with E-state index in [0.717, 1.165) is 11.8 Å². The first-order valence-electron chi connectivity index (χ1n) is 5.52. The van der Waals surface area contributed by atoms with Gasteiger partial charge in [0.25, 0.3) is 0 Å². The quantitative estimate of drug-likeness (QED) is 0.777. The Morgan fingerprint density at radius 1 is 1.50 bits per heavy atom. The fourth-order valence-electron chi connectivity index (χ4n) is 1.83. The predicted molar refractivity (Wildman–Crippen MR) is 63.8 cm³/mol. The third-order valence-corrected chi connectivity index (χ3v) is 4.13. The topological polar surface area (TPSA) is 23.5 Å². The third-order valence-electron chi connectivity index (χ3n) is 2.76. The van der Waals surface area contributed by atoms with Crippen LogP contribution < -0.4 is 0 Å². The molecule has 0 saturated carbocycles. The van der Waals surface area contributed by atoms with Crippen LogP contribution in [0.15, 0.2) is 0 Å². The highest BCUT2D eigenvalue weighted by Crippen LogP contribution is 2.24. The summed E-state index contributed by atoms with van der Waals surface area (Å²) in [6.45, 7) is 10.2. The van der Waals surface area contributed by atoms with Gasteiger partial charge in [-0.15, -0.1) is 0 Å². The summed E-state index contributed by atoms with van der Waals surface area (Å²) in [6, 6.07) is 0. The van der Waals surface area contributed by atoms with Gasteiger partial charge in [0.2, 0.25) is 0 Å². The van der Waals surface area contributed by atoms with E-state index >= 15 is 0 Å². The number of nitrogens with zero attached hydrogens (tertiary/aromatic N) is 1. The minimum atomic E-state index is 0.0559. The highest BCUT2D eigenvalue weighted by atomic mass is 32.2. The summed E-state index contributed by atoms with van der Waals surface area (Å²) in [6.07, 6.45) is 1.26. The van der Waals surface area contributed by atoms with E-state index in [2.05, 4.69) is 37.4 Å². The smallest absolute Gasteiger partial charge is 0.0494 e. The van der Waals surface area contributed by atoms with E-state index in [1.54, 1.807) is 0 Å². The lowest BCUT2D eigenvalue weighted by Gasteiger charge is -2.36. The minimum Gasteiger partial charge on any atom is -0.396 e. The van der Waals surface area contributed by atoms with Crippen LogP contribution in [0.3, 0.4) is 0 Å². The first-order valence-corrected chi connectivity index (χ1v) is 6.57. The Kier molecular flexibility index (Phi) is 4.74. The zero-order chi connectivity index (χ0) is 10.6. The fraction of sp³-hybridized carbons (Fsp3) is 1.00. The van der Waals surface area contributed by atoms with Crippen LogP contribution in [-0.4, -0.2) is 47.3 Å². The summed E-state index contributed by atoms with van der Waals surface area (Å²) in [5, 5.41) is 10.0. The van der Waals surface area contributed by atoms with Crippen molar-refractivity contribution < 1.29 is 5.11 Å². The van der Waals surface area contributed by atoms with Crippen molar-refractivity contribution in [2.45, 2.75) is 32.4 Å². The molecular formula is C11H23NOS. The molecule has 0 aromatic carbocycles. The summed E-state index contributed by atoms with van der Waals surface area (Å²) in [4.78, 5) is 2.50. The molecule has 0 bridgehead atoms. The van der Waals surface area contributed by atoms with E-state index in [4.69, 9.17) is 0 Å². The Morgan fingerprint density at radius 3 is 2.79 bits per heavy atom. The van der Waals surface area contributed by atoms with Crippen molar-refractivity contribution in [2.75, 3.05) is 32.0 Å². The molecule has 0 spiro atoms. The van der Waals surface area contributed by atoms with Crippen molar-refractivity contribution in [3.63, 3.8) is 0 Å². The maximum atomic E-state index is 9.22. The molecule has 0 aromatic heterocycles. The molecule has 2 nitrogen and oxygen atoms in total. The lowest BCUT2D eigenvalue weighted by atomic mass is 9.94. The van der Waals surface area contributed by atoms with E-state index in [1.807, 2.05) is 0 Å². The Hall–Kier alpha value is 0.270. The van der Waals surface area contributed by atoms with Crippen molar-refractivity contribution >= 4 is 11.8 Å². The number of rotatable bonds is 4. The molecule has 1 saturated heterocycles. The highest BCUT2D eigenvalue weighted by molar-refractivity contribution is 8.00. The van der Waals surface area contributed by atoms with Crippen LogP contribution in [0.5, 0.6) is 0 Å². The van der Waals surface area contributed by atoms with Gasteiger partial charge >= 0.3 is 0 Å². The molecule has 1 heterocycles. The summed E-state index contributed by atoms with van der Waals surface area (Å²) in [7, 11) is 0. The average Bonchev–Trinajstić information content (AvgIpc) is 2.17. The standard InChI is InChI=1S/C11H23NOS/c1-4-10-7-12(5-6-14-10)8-11(2,3)9-13/h10,13H,4-9H2,1-3H3. The molecule has 1 aliphatic rings. The SMILES string of the molecule is CCC1CN(CC(C)(C)CO)CCS1. The van der Waals surface area contributed by atoms with Crippen LogP contribution >= 0.6 is 11.8 Å². The van der Waals surface area contributed by atoms with Gasteiger partial charge < -0.3 is 10.0 Å². The van der Waals surface area contributed by atoms with Gasteiger partial charge in [0.15, 0.2) is 0 Å². The van der Waals surface area contributed by atoms with Crippen LogP contribution in [0, 0.1) is 5.41 Å². The molecule has 0 amide bonds. The number of hydrogen-bond donors (Lipinski definition) is 1. The molecule has 1 N–H and O–H groups in total. The second kappa shape index (κ2) is 5.38. The van der Waals surface area contributed by atoms with Crippen molar-refractivity contribution in [1.29, 1.82) is 0 Å². The van der Waals surface area contributed by atoms with Crippen LogP contribution in [-0.2, 0) is 0 Å². The Morgan fingerprint density at radius 2 is 2.21 bits per heavy atom. The summed E-state index contributed by atoms with van der Waals surface area (Å²) >= 11 is 2.10. The van der Waals surface area contributed by atoms with Crippen LogP contribution in [0.4, 0.5) is 0 Å². The Bertz CT molecular complexity index is 173. The summed E-state index contributed by atoms with van der Waals surface area (Å²) in [5.74, 6) is 1.25. The lowest BCUT2D eigenvalue weighted by Crippen LogP contribution is -2.43. The zero-order valence-electron chi connectivity index (χ0n) is 9.62. The van der Waals surface area contributed by atoms with Gasteiger partial charge in [-0.05, 0) is 6.42 Å². The second-order valence-corrected chi connectivity index (χ2v) is 6.37. The lowest BCUT2D eigenvalue weighted by molar-refractivity contribution is 0.104. The summed E-state index contributed by atoms with van der Waals surface area (Å²) in [5.41, 5.74) is 0.0559. The largest absolute Gasteiger partial charge is 0.396 e. The van der Waals surface area contributed by atoms with Gasteiger partial charge in [0, 0.05) is 42.7 Å². The molecule has 84 valence electrons. The monoisotopic (exact) mass is 217 g/mol. The third kappa shape index (κ3) is 3.79. The molecule has 1 aliphatic heterocycles.